The molecule has 9 heteroatoms. The third-order valence-corrected chi connectivity index (χ3v) is 6.88. The molecular formula is C20H21N3O4S2. The number of nitrogens with one attached hydrogen (secondary N) is 2. The number of fused-ring (bicyclic) bond motifs is 3. The van der Waals surface area contributed by atoms with Gasteiger partial charge in [-0.15, -0.1) is 11.3 Å². The van der Waals surface area contributed by atoms with Crippen LogP contribution in [0.3, 0.4) is 0 Å². The lowest BCUT2D eigenvalue weighted by atomic mass is 9.97. The quantitative estimate of drug-likeness (QED) is 0.457. The first-order valence-electron chi connectivity index (χ1n) is 9.28. The van der Waals surface area contributed by atoms with Gasteiger partial charge in [-0.05, 0) is 43.4 Å². The lowest BCUT2D eigenvalue weighted by Gasteiger charge is -2.11. The van der Waals surface area contributed by atoms with E-state index in [1.54, 1.807) is 36.6 Å². The van der Waals surface area contributed by atoms with Crippen LogP contribution in [0.1, 0.15) is 23.3 Å². The number of aromatic nitrogens is 2. The highest BCUT2D eigenvalue weighted by molar-refractivity contribution is 7.99. The molecule has 1 aliphatic carbocycles. The van der Waals surface area contributed by atoms with Crippen LogP contribution >= 0.6 is 23.1 Å². The van der Waals surface area contributed by atoms with Gasteiger partial charge in [0.15, 0.2) is 5.16 Å². The van der Waals surface area contributed by atoms with Crippen molar-refractivity contribution in [2.45, 2.75) is 30.8 Å². The van der Waals surface area contributed by atoms with Gasteiger partial charge in [-0.25, -0.2) is 4.98 Å². The molecule has 0 radical (unpaired) electrons. The van der Waals surface area contributed by atoms with Gasteiger partial charge in [-0.1, -0.05) is 11.8 Å². The molecule has 2 N–H and O–H groups in total. The fourth-order valence-electron chi connectivity index (χ4n) is 3.44. The highest BCUT2D eigenvalue weighted by Crippen LogP contribution is 2.34. The molecule has 0 fully saturated rings. The zero-order valence-electron chi connectivity index (χ0n) is 16.2. The minimum Gasteiger partial charge on any atom is -0.497 e. The van der Waals surface area contributed by atoms with Crippen molar-refractivity contribution < 1.29 is 14.3 Å². The Balaban J connectivity index is 1.48. The first-order valence-corrected chi connectivity index (χ1v) is 11.1. The number of ether oxygens (including phenoxy) is 2. The SMILES string of the molecule is COc1ccc(OC)c(NC(=O)CSc2nc3sc4c(c3c(=O)[nH]2)CCCC4)c1. The average molecular weight is 432 g/mol. The summed E-state index contributed by atoms with van der Waals surface area (Å²) in [7, 11) is 3.10. The van der Waals surface area contributed by atoms with Gasteiger partial charge >= 0.3 is 0 Å². The van der Waals surface area contributed by atoms with Crippen LogP contribution in [-0.4, -0.2) is 35.8 Å². The predicted molar refractivity (Wildman–Crippen MR) is 116 cm³/mol. The van der Waals surface area contributed by atoms with Crippen LogP contribution in [0.4, 0.5) is 5.69 Å². The summed E-state index contributed by atoms with van der Waals surface area (Å²) in [5, 5.41) is 3.99. The molecule has 1 aliphatic rings. The maximum Gasteiger partial charge on any atom is 0.260 e. The number of nitrogens with zero attached hydrogens (tertiary/aromatic N) is 1. The fourth-order valence-corrected chi connectivity index (χ4v) is 5.42. The number of benzene rings is 1. The second-order valence-electron chi connectivity index (χ2n) is 6.67. The molecule has 152 valence electrons. The minimum atomic E-state index is -0.227. The Labute approximate surface area is 175 Å². The zero-order chi connectivity index (χ0) is 20.4. The van der Waals surface area contributed by atoms with Gasteiger partial charge in [0.2, 0.25) is 5.91 Å². The Bertz CT molecular complexity index is 1120. The predicted octanol–water partition coefficient (Wildman–Crippen LogP) is 3.61. The lowest BCUT2D eigenvalue weighted by molar-refractivity contribution is -0.113. The minimum absolute atomic E-state index is 0.111. The van der Waals surface area contributed by atoms with E-state index >= 15 is 0 Å². The van der Waals surface area contributed by atoms with Crippen molar-refractivity contribution in [2.75, 3.05) is 25.3 Å². The first kappa shape index (κ1) is 19.8. The number of hydrogen-bond donors (Lipinski definition) is 2. The number of H-pyrrole nitrogens is 1. The molecule has 0 bridgehead atoms. The number of anilines is 1. The number of methoxy groups -OCH3 is 2. The summed E-state index contributed by atoms with van der Waals surface area (Å²) in [6, 6.07) is 5.19. The standard InChI is InChI=1S/C20H21N3O4S2/c1-26-11-7-8-14(27-2)13(9-11)21-16(24)10-28-20-22-18(25)17-12-5-3-4-6-15(12)29-19(17)23-20/h7-9H,3-6,10H2,1-2H3,(H,21,24)(H,22,23,25). The van der Waals surface area contributed by atoms with Crippen molar-refractivity contribution in [1.82, 2.24) is 9.97 Å². The molecule has 2 heterocycles. The molecule has 1 aromatic carbocycles. The van der Waals surface area contributed by atoms with Crippen LogP contribution in [0.5, 0.6) is 11.5 Å². The van der Waals surface area contributed by atoms with E-state index in [2.05, 4.69) is 15.3 Å². The zero-order valence-corrected chi connectivity index (χ0v) is 17.8. The highest BCUT2D eigenvalue weighted by Gasteiger charge is 2.20. The molecule has 4 rings (SSSR count). The summed E-state index contributed by atoms with van der Waals surface area (Å²) >= 11 is 2.80. The Kier molecular flexibility index (Phi) is 5.77. The van der Waals surface area contributed by atoms with Gasteiger partial charge in [0.1, 0.15) is 16.3 Å². The monoisotopic (exact) mass is 431 g/mol. The van der Waals surface area contributed by atoms with E-state index in [-0.39, 0.29) is 17.2 Å². The fraction of sp³-hybridized carbons (Fsp3) is 0.350. The van der Waals surface area contributed by atoms with E-state index in [1.165, 1.54) is 23.7 Å². The molecule has 1 amide bonds. The maximum atomic E-state index is 12.6. The smallest absolute Gasteiger partial charge is 0.260 e. The lowest BCUT2D eigenvalue weighted by Crippen LogP contribution is -2.16. The Morgan fingerprint density at radius 1 is 1.28 bits per heavy atom. The van der Waals surface area contributed by atoms with Crippen LogP contribution in [0.25, 0.3) is 10.2 Å². The number of aromatic amines is 1. The van der Waals surface area contributed by atoms with Crippen LogP contribution in [-0.2, 0) is 17.6 Å². The van der Waals surface area contributed by atoms with Crippen LogP contribution in [0.2, 0.25) is 0 Å². The van der Waals surface area contributed by atoms with Crippen molar-refractivity contribution in [3.05, 3.63) is 39.0 Å². The molecule has 0 spiro atoms. The summed E-state index contributed by atoms with van der Waals surface area (Å²) in [4.78, 5) is 34.4. The number of carbonyl (C=O) groups is 1. The van der Waals surface area contributed by atoms with Crippen molar-refractivity contribution in [3.8, 4) is 11.5 Å². The third kappa shape index (κ3) is 4.11. The Morgan fingerprint density at radius 2 is 2.10 bits per heavy atom. The largest absolute Gasteiger partial charge is 0.497 e. The number of rotatable bonds is 6. The molecule has 3 aromatic rings. The van der Waals surface area contributed by atoms with Crippen LogP contribution < -0.4 is 20.3 Å². The van der Waals surface area contributed by atoms with E-state index in [0.717, 1.165) is 41.5 Å². The molecular weight excluding hydrogens is 410 g/mol. The second kappa shape index (κ2) is 8.46. The van der Waals surface area contributed by atoms with Gasteiger partial charge < -0.3 is 19.8 Å². The van der Waals surface area contributed by atoms with Gasteiger partial charge in [-0.3, -0.25) is 9.59 Å². The molecule has 0 saturated carbocycles. The summed E-state index contributed by atoms with van der Waals surface area (Å²) in [6.07, 6.45) is 4.23. The highest BCUT2D eigenvalue weighted by atomic mass is 32.2. The van der Waals surface area contributed by atoms with Gasteiger partial charge in [0.05, 0.1) is 31.0 Å². The normalized spacial score (nSPS) is 13.2. The average Bonchev–Trinajstić information content (AvgIpc) is 3.11. The topological polar surface area (TPSA) is 93.3 Å². The number of thioether (sulfide) groups is 1. The van der Waals surface area contributed by atoms with Gasteiger partial charge in [-0.2, -0.15) is 0 Å². The van der Waals surface area contributed by atoms with Crippen molar-refractivity contribution in [2.24, 2.45) is 0 Å². The molecule has 0 aliphatic heterocycles. The summed E-state index contributed by atoms with van der Waals surface area (Å²) in [5.41, 5.74) is 1.57. The molecule has 0 unspecified atom stereocenters. The van der Waals surface area contributed by atoms with Crippen molar-refractivity contribution >= 4 is 44.9 Å². The van der Waals surface area contributed by atoms with E-state index in [4.69, 9.17) is 9.47 Å². The van der Waals surface area contributed by atoms with Crippen LogP contribution in [0, 0.1) is 0 Å². The summed E-state index contributed by atoms with van der Waals surface area (Å²) in [6.45, 7) is 0. The molecule has 29 heavy (non-hydrogen) atoms. The first-order chi connectivity index (χ1) is 14.1. The van der Waals surface area contributed by atoms with E-state index in [9.17, 15) is 9.59 Å². The van der Waals surface area contributed by atoms with E-state index < -0.39 is 0 Å². The van der Waals surface area contributed by atoms with Crippen molar-refractivity contribution in [3.63, 3.8) is 0 Å². The number of amides is 1. The number of carbonyl (C=O) groups excluding carboxylic acids is 1. The second-order valence-corrected chi connectivity index (χ2v) is 8.71. The van der Waals surface area contributed by atoms with Crippen LogP contribution in [0.15, 0.2) is 28.2 Å². The molecule has 0 saturated heterocycles. The van der Waals surface area contributed by atoms with E-state index in [1.807, 2.05) is 0 Å². The van der Waals surface area contributed by atoms with Crippen molar-refractivity contribution in [1.29, 1.82) is 0 Å². The number of thiophene rings is 1. The van der Waals surface area contributed by atoms with Gasteiger partial charge in [0, 0.05) is 10.9 Å². The Hall–Kier alpha value is -2.52. The van der Waals surface area contributed by atoms with E-state index in [0.29, 0.717) is 22.3 Å². The van der Waals surface area contributed by atoms with Gasteiger partial charge in [0.25, 0.3) is 5.56 Å². The molecule has 0 atom stereocenters. The maximum absolute atomic E-state index is 12.6. The molecule has 7 nitrogen and oxygen atoms in total. The summed E-state index contributed by atoms with van der Waals surface area (Å²) in [5.74, 6) is 1.04. The number of aryl methyl sites for hydroxylation is 2. The number of hydrogen-bond acceptors (Lipinski definition) is 7. The third-order valence-electron chi connectivity index (χ3n) is 4.82. The molecule has 2 aromatic heterocycles. The summed E-state index contributed by atoms with van der Waals surface area (Å²) < 4.78 is 10.5. The Morgan fingerprint density at radius 3 is 2.90 bits per heavy atom.